The Hall–Kier alpha value is -0.650. The van der Waals surface area contributed by atoms with Crippen LogP contribution >= 0.6 is 0 Å². The molecule has 2 aliphatic rings. The molecule has 1 aliphatic heterocycles. The minimum absolute atomic E-state index is 0.0847. The highest BCUT2D eigenvalue weighted by Crippen LogP contribution is 2.25. The highest BCUT2D eigenvalue weighted by atomic mass is 16.5. The van der Waals surface area contributed by atoms with Gasteiger partial charge in [0, 0.05) is 24.6 Å². The molecule has 1 saturated carbocycles. The number of nitrogens with one attached hydrogen (secondary N) is 2. The van der Waals surface area contributed by atoms with Gasteiger partial charge in [-0.1, -0.05) is 19.8 Å². The Kier molecular flexibility index (Phi) is 6.26. The average molecular weight is 284 g/mol. The zero-order valence-corrected chi connectivity index (χ0v) is 12.4. The van der Waals surface area contributed by atoms with Gasteiger partial charge in [0.15, 0.2) is 0 Å². The van der Waals surface area contributed by atoms with Gasteiger partial charge in [0.25, 0.3) is 0 Å². The summed E-state index contributed by atoms with van der Waals surface area (Å²) in [5.74, 6) is 0.210. The molecule has 20 heavy (non-hydrogen) atoms. The van der Waals surface area contributed by atoms with E-state index < -0.39 is 0 Å². The minimum atomic E-state index is -0.0946. The molecule has 1 heterocycles. The molecular weight excluding hydrogens is 256 g/mol. The van der Waals surface area contributed by atoms with Crippen LogP contribution in [0.1, 0.15) is 39.0 Å². The number of aliphatic hydroxyl groups is 1. The molecule has 0 aromatic heterocycles. The van der Waals surface area contributed by atoms with Crippen LogP contribution in [0.4, 0.5) is 0 Å². The first kappa shape index (κ1) is 15.7. The van der Waals surface area contributed by atoms with E-state index in [4.69, 9.17) is 4.74 Å². The Bertz CT molecular complexity index is 311. The standard InChI is InChI=1S/C15H28N2O3/c1-2-7-16-14-10-20-9-12(14)15(19)17-13-6-4-3-5-11(13)8-18/h11-14,16,18H,2-10H2,1H3,(H,17,19). The summed E-state index contributed by atoms with van der Waals surface area (Å²) in [7, 11) is 0. The molecule has 1 saturated heterocycles. The smallest absolute Gasteiger partial charge is 0.227 e. The van der Waals surface area contributed by atoms with Crippen LogP contribution in [0.5, 0.6) is 0 Å². The van der Waals surface area contributed by atoms with Crippen LogP contribution in [0.15, 0.2) is 0 Å². The quantitative estimate of drug-likeness (QED) is 0.670. The lowest BCUT2D eigenvalue weighted by Crippen LogP contribution is -2.50. The fourth-order valence-electron chi connectivity index (χ4n) is 3.25. The molecule has 1 aliphatic carbocycles. The third-order valence-corrected chi connectivity index (χ3v) is 4.55. The first-order valence-corrected chi connectivity index (χ1v) is 7.98. The molecule has 5 heteroatoms. The monoisotopic (exact) mass is 284 g/mol. The Morgan fingerprint density at radius 1 is 1.25 bits per heavy atom. The summed E-state index contributed by atoms with van der Waals surface area (Å²) in [6.07, 6.45) is 5.35. The number of ether oxygens (including phenoxy) is 1. The SMILES string of the molecule is CCCNC1COCC1C(=O)NC1CCCCC1CO. The van der Waals surface area contributed by atoms with Crippen LogP contribution in [-0.4, -0.2) is 49.5 Å². The van der Waals surface area contributed by atoms with Crippen molar-refractivity contribution < 1.29 is 14.6 Å². The largest absolute Gasteiger partial charge is 0.396 e. The molecule has 4 unspecified atom stereocenters. The van der Waals surface area contributed by atoms with Crippen molar-refractivity contribution in [2.75, 3.05) is 26.4 Å². The van der Waals surface area contributed by atoms with Crippen molar-refractivity contribution in [1.29, 1.82) is 0 Å². The maximum absolute atomic E-state index is 12.4. The highest BCUT2D eigenvalue weighted by molar-refractivity contribution is 5.80. The lowest BCUT2D eigenvalue weighted by molar-refractivity contribution is -0.126. The summed E-state index contributed by atoms with van der Waals surface area (Å²) in [6.45, 7) is 4.33. The van der Waals surface area contributed by atoms with Crippen LogP contribution in [0.2, 0.25) is 0 Å². The molecule has 2 rings (SSSR count). The number of carbonyl (C=O) groups is 1. The van der Waals surface area contributed by atoms with Gasteiger partial charge in [-0.3, -0.25) is 4.79 Å². The zero-order chi connectivity index (χ0) is 14.4. The van der Waals surface area contributed by atoms with E-state index in [1.165, 1.54) is 0 Å². The Morgan fingerprint density at radius 3 is 2.80 bits per heavy atom. The third-order valence-electron chi connectivity index (χ3n) is 4.55. The molecule has 1 amide bonds. The van der Waals surface area contributed by atoms with Crippen LogP contribution in [0.25, 0.3) is 0 Å². The van der Waals surface area contributed by atoms with Gasteiger partial charge in [-0.15, -0.1) is 0 Å². The number of rotatable bonds is 6. The normalized spacial score (nSPS) is 34.1. The van der Waals surface area contributed by atoms with Gasteiger partial charge in [0.2, 0.25) is 5.91 Å². The molecular formula is C15H28N2O3. The first-order chi connectivity index (χ1) is 9.76. The van der Waals surface area contributed by atoms with E-state index in [1.54, 1.807) is 0 Å². The predicted octanol–water partition coefficient (Wildman–Crippen LogP) is 0.668. The maximum Gasteiger partial charge on any atom is 0.227 e. The number of aliphatic hydroxyl groups excluding tert-OH is 1. The topological polar surface area (TPSA) is 70.6 Å². The summed E-state index contributed by atoms with van der Waals surface area (Å²) in [5.41, 5.74) is 0. The Labute approximate surface area is 121 Å². The van der Waals surface area contributed by atoms with Crippen LogP contribution < -0.4 is 10.6 Å². The number of hydrogen-bond donors (Lipinski definition) is 3. The number of carbonyl (C=O) groups excluding carboxylic acids is 1. The van der Waals surface area contributed by atoms with Crippen molar-refractivity contribution in [3.63, 3.8) is 0 Å². The molecule has 0 aromatic carbocycles. The van der Waals surface area contributed by atoms with Crippen molar-refractivity contribution in [1.82, 2.24) is 10.6 Å². The van der Waals surface area contributed by atoms with Crippen molar-refractivity contribution in [3.05, 3.63) is 0 Å². The van der Waals surface area contributed by atoms with Gasteiger partial charge in [0.05, 0.1) is 19.1 Å². The first-order valence-electron chi connectivity index (χ1n) is 7.98. The highest BCUT2D eigenvalue weighted by Gasteiger charge is 2.35. The van der Waals surface area contributed by atoms with E-state index in [-0.39, 0.29) is 36.4 Å². The van der Waals surface area contributed by atoms with E-state index in [2.05, 4.69) is 17.6 Å². The summed E-state index contributed by atoms with van der Waals surface area (Å²) in [5, 5.41) is 16.0. The number of amides is 1. The van der Waals surface area contributed by atoms with E-state index >= 15 is 0 Å². The van der Waals surface area contributed by atoms with Gasteiger partial charge < -0.3 is 20.5 Å². The van der Waals surface area contributed by atoms with Crippen LogP contribution in [0, 0.1) is 11.8 Å². The second-order valence-electron chi connectivity index (χ2n) is 6.05. The van der Waals surface area contributed by atoms with E-state index in [1.807, 2.05) is 0 Å². The Balaban J connectivity index is 1.86. The fraction of sp³-hybridized carbons (Fsp3) is 0.933. The summed E-state index contributed by atoms with van der Waals surface area (Å²) < 4.78 is 5.46. The minimum Gasteiger partial charge on any atom is -0.396 e. The average Bonchev–Trinajstić information content (AvgIpc) is 2.94. The van der Waals surface area contributed by atoms with Gasteiger partial charge in [-0.05, 0) is 25.8 Å². The van der Waals surface area contributed by atoms with Crippen molar-refractivity contribution in [2.24, 2.45) is 11.8 Å². The summed E-state index contributed by atoms with van der Waals surface area (Å²) in [4.78, 5) is 12.4. The van der Waals surface area contributed by atoms with Gasteiger partial charge in [-0.2, -0.15) is 0 Å². The van der Waals surface area contributed by atoms with E-state index in [0.29, 0.717) is 13.2 Å². The predicted molar refractivity (Wildman–Crippen MR) is 77.4 cm³/mol. The molecule has 0 bridgehead atoms. The molecule has 2 fully saturated rings. The molecule has 3 N–H and O–H groups in total. The van der Waals surface area contributed by atoms with Gasteiger partial charge >= 0.3 is 0 Å². The molecule has 0 radical (unpaired) electrons. The second kappa shape index (κ2) is 7.96. The van der Waals surface area contributed by atoms with E-state index in [9.17, 15) is 9.90 Å². The fourth-order valence-corrected chi connectivity index (χ4v) is 3.25. The maximum atomic E-state index is 12.4. The van der Waals surface area contributed by atoms with Crippen molar-refractivity contribution in [3.8, 4) is 0 Å². The number of hydrogen-bond acceptors (Lipinski definition) is 4. The summed E-state index contributed by atoms with van der Waals surface area (Å²) in [6, 6.07) is 0.264. The molecule has 4 atom stereocenters. The Morgan fingerprint density at radius 2 is 2.05 bits per heavy atom. The van der Waals surface area contributed by atoms with Crippen LogP contribution in [-0.2, 0) is 9.53 Å². The summed E-state index contributed by atoms with van der Waals surface area (Å²) >= 11 is 0. The van der Waals surface area contributed by atoms with E-state index in [0.717, 1.165) is 38.6 Å². The lowest BCUT2D eigenvalue weighted by Gasteiger charge is -2.32. The van der Waals surface area contributed by atoms with Crippen LogP contribution in [0.3, 0.4) is 0 Å². The second-order valence-corrected chi connectivity index (χ2v) is 6.05. The molecule has 5 nitrogen and oxygen atoms in total. The zero-order valence-electron chi connectivity index (χ0n) is 12.4. The lowest BCUT2D eigenvalue weighted by atomic mass is 9.84. The van der Waals surface area contributed by atoms with Gasteiger partial charge in [0.1, 0.15) is 0 Å². The van der Waals surface area contributed by atoms with Crippen molar-refractivity contribution >= 4 is 5.91 Å². The van der Waals surface area contributed by atoms with Crippen molar-refractivity contribution in [2.45, 2.75) is 51.1 Å². The molecule has 0 aromatic rings. The molecule has 0 spiro atoms. The molecule has 116 valence electrons. The third kappa shape index (κ3) is 3.93. The van der Waals surface area contributed by atoms with Gasteiger partial charge in [-0.25, -0.2) is 0 Å².